The van der Waals surface area contributed by atoms with Gasteiger partial charge >= 0.3 is 5.97 Å². The Morgan fingerprint density at radius 1 is 1.29 bits per heavy atom. The standard InChI is InChI=1S/C13H20NO2.ClH/c1-11(13(15)16-4)14(2,3)10-12-8-6-5-7-9-12;/h5-9,11H,10H2,1-4H3;1H/q+1;/p-1. The predicted octanol–water partition coefficient (Wildman–Crippen LogP) is -1.17. The number of rotatable bonds is 4. The topological polar surface area (TPSA) is 26.3 Å². The summed E-state index contributed by atoms with van der Waals surface area (Å²) in [5.41, 5.74) is 1.23. The van der Waals surface area contributed by atoms with E-state index in [2.05, 4.69) is 12.1 Å². The van der Waals surface area contributed by atoms with E-state index in [-0.39, 0.29) is 24.4 Å². The number of quaternary nitrogens is 1. The van der Waals surface area contributed by atoms with Gasteiger partial charge in [-0.25, -0.2) is 4.79 Å². The average Bonchev–Trinajstić information content (AvgIpc) is 2.27. The zero-order chi connectivity index (χ0) is 12.2. The number of nitrogens with zero attached hydrogens (tertiary/aromatic N) is 1. The minimum atomic E-state index is -0.166. The molecule has 1 rings (SSSR count). The summed E-state index contributed by atoms with van der Waals surface area (Å²) in [6, 6.07) is 10.0. The molecule has 1 aromatic carbocycles. The maximum absolute atomic E-state index is 11.5. The van der Waals surface area contributed by atoms with Crippen molar-refractivity contribution >= 4 is 5.97 Å². The number of carbonyl (C=O) groups is 1. The lowest BCUT2D eigenvalue weighted by molar-refractivity contribution is -0.917. The maximum atomic E-state index is 11.5. The highest BCUT2D eigenvalue weighted by Gasteiger charge is 2.31. The average molecular weight is 258 g/mol. The molecule has 0 heterocycles. The molecule has 0 saturated carbocycles. The molecule has 1 atom stereocenters. The van der Waals surface area contributed by atoms with Crippen molar-refractivity contribution in [3.63, 3.8) is 0 Å². The second-order valence-corrected chi connectivity index (χ2v) is 4.62. The van der Waals surface area contributed by atoms with Gasteiger partial charge in [-0.3, -0.25) is 0 Å². The molecule has 0 aromatic heterocycles. The molecular weight excluding hydrogens is 238 g/mol. The monoisotopic (exact) mass is 257 g/mol. The van der Waals surface area contributed by atoms with Gasteiger partial charge in [0.15, 0.2) is 6.04 Å². The molecule has 3 nitrogen and oxygen atoms in total. The lowest BCUT2D eigenvalue weighted by atomic mass is 10.1. The highest BCUT2D eigenvalue weighted by molar-refractivity contribution is 5.73. The predicted molar refractivity (Wildman–Crippen MR) is 63.7 cm³/mol. The Labute approximate surface area is 109 Å². The van der Waals surface area contributed by atoms with E-state index in [0.717, 1.165) is 6.54 Å². The number of halogens is 1. The summed E-state index contributed by atoms with van der Waals surface area (Å²) in [6.07, 6.45) is 0. The van der Waals surface area contributed by atoms with Crippen LogP contribution in [0.4, 0.5) is 0 Å². The first-order valence-corrected chi connectivity index (χ1v) is 5.42. The Morgan fingerprint density at radius 2 is 1.82 bits per heavy atom. The van der Waals surface area contributed by atoms with Crippen molar-refractivity contribution in [3.8, 4) is 0 Å². The number of hydrogen-bond acceptors (Lipinski definition) is 2. The Balaban J connectivity index is 0.00000256. The van der Waals surface area contributed by atoms with Crippen molar-refractivity contribution in [1.82, 2.24) is 0 Å². The van der Waals surface area contributed by atoms with Gasteiger partial charge in [0.1, 0.15) is 6.54 Å². The molecule has 0 N–H and O–H groups in total. The molecule has 0 aliphatic heterocycles. The largest absolute Gasteiger partial charge is 1.00 e. The van der Waals surface area contributed by atoms with Crippen LogP contribution in [0.2, 0.25) is 0 Å². The van der Waals surface area contributed by atoms with Crippen LogP contribution < -0.4 is 12.4 Å². The van der Waals surface area contributed by atoms with Crippen molar-refractivity contribution < 1.29 is 26.4 Å². The van der Waals surface area contributed by atoms with Crippen LogP contribution in [-0.2, 0) is 16.1 Å². The van der Waals surface area contributed by atoms with E-state index in [1.54, 1.807) is 0 Å². The van der Waals surface area contributed by atoms with Gasteiger partial charge in [0, 0.05) is 5.56 Å². The van der Waals surface area contributed by atoms with Crippen LogP contribution in [0.15, 0.2) is 30.3 Å². The van der Waals surface area contributed by atoms with Crippen LogP contribution in [0.25, 0.3) is 0 Å². The van der Waals surface area contributed by atoms with Gasteiger partial charge in [-0.2, -0.15) is 0 Å². The van der Waals surface area contributed by atoms with Crippen LogP contribution in [-0.4, -0.2) is 37.7 Å². The third kappa shape index (κ3) is 4.36. The van der Waals surface area contributed by atoms with Crippen LogP contribution in [0.1, 0.15) is 12.5 Å². The normalized spacial score (nSPS) is 12.5. The van der Waals surface area contributed by atoms with Crippen molar-refractivity contribution in [2.24, 2.45) is 0 Å². The minimum absolute atomic E-state index is 0. The van der Waals surface area contributed by atoms with Crippen LogP contribution in [0.5, 0.6) is 0 Å². The summed E-state index contributed by atoms with van der Waals surface area (Å²) in [5, 5.41) is 0. The Morgan fingerprint density at radius 3 is 2.29 bits per heavy atom. The van der Waals surface area contributed by atoms with Gasteiger partial charge < -0.3 is 21.6 Å². The third-order valence-corrected chi connectivity index (χ3v) is 3.02. The number of hydrogen-bond donors (Lipinski definition) is 0. The summed E-state index contributed by atoms with van der Waals surface area (Å²) in [6.45, 7) is 2.71. The Hall–Kier alpha value is -1.06. The molecule has 0 spiro atoms. The molecule has 0 fully saturated rings. The Bertz CT molecular complexity index is 352. The molecule has 1 unspecified atom stereocenters. The van der Waals surface area contributed by atoms with Gasteiger partial charge in [0.25, 0.3) is 0 Å². The van der Waals surface area contributed by atoms with Crippen molar-refractivity contribution in [2.45, 2.75) is 19.5 Å². The number of methoxy groups -OCH3 is 1. The fourth-order valence-corrected chi connectivity index (χ4v) is 1.65. The molecule has 0 aliphatic carbocycles. The number of esters is 1. The Kier molecular flexibility index (Phi) is 6.21. The van der Waals surface area contributed by atoms with Crippen LogP contribution in [0.3, 0.4) is 0 Å². The van der Waals surface area contributed by atoms with E-state index in [1.165, 1.54) is 12.7 Å². The molecule has 17 heavy (non-hydrogen) atoms. The SMILES string of the molecule is COC(=O)C(C)[N+](C)(C)Cc1ccccc1.[Cl-]. The zero-order valence-electron chi connectivity index (χ0n) is 10.8. The fraction of sp³-hybridized carbons (Fsp3) is 0.462. The molecule has 0 saturated heterocycles. The number of carbonyl (C=O) groups excluding carboxylic acids is 1. The third-order valence-electron chi connectivity index (χ3n) is 3.02. The van der Waals surface area contributed by atoms with Gasteiger partial charge in [-0.15, -0.1) is 0 Å². The van der Waals surface area contributed by atoms with Gasteiger partial charge in [0.05, 0.1) is 21.2 Å². The second-order valence-electron chi connectivity index (χ2n) is 4.62. The molecule has 1 aromatic rings. The van der Waals surface area contributed by atoms with E-state index in [1.807, 2.05) is 39.2 Å². The zero-order valence-corrected chi connectivity index (χ0v) is 11.6. The van der Waals surface area contributed by atoms with Crippen molar-refractivity contribution in [1.29, 1.82) is 0 Å². The molecule has 0 amide bonds. The first kappa shape index (κ1) is 15.9. The van der Waals surface area contributed by atoms with Crippen LogP contribution in [0, 0.1) is 0 Å². The van der Waals surface area contributed by atoms with E-state index in [4.69, 9.17) is 4.74 Å². The van der Waals surface area contributed by atoms with Crippen LogP contribution >= 0.6 is 0 Å². The molecular formula is C13H20ClNO2. The first-order valence-electron chi connectivity index (χ1n) is 5.42. The lowest BCUT2D eigenvalue weighted by Crippen LogP contribution is -3.00. The number of ether oxygens (including phenoxy) is 1. The molecule has 0 bridgehead atoms. The highest BCUT2D eigenvalue weighted by Crippen LogP contribution is 2.14. The first-order chi connectivity index (χ1) is 7.47. The fourth-order valence-electron chi connectivity index (χ4n) is 1.65. The molecule has 4 heteroatoms. The lowest BCUT2D eigenvalue weighted by Gasteiger charge is -2.34. The highest BCUT2D eigenvalue weighted by atomic mass is 35.5. The molecule has 96 valence electrons. The summed E-state index contributed by atoms with van der Waals surface area (Å²) in [7, 11) is 5.50. The van der Waals surface area contributed by atoms with E-state index in [0.29, 0.717) is 4.48 Å². The molecule has 0 aliphatic rings. The minimum Gasteiger partial charge on any atom is -1.00 e. The summed E-state index contributed by atoms with van der Waals surface area (Å²) in [4.78, 5) is 11.5. The maximum Gasteiger partial charge on any atom is 0.364 e. The molecule has 0 radical (unpaired) electrons. The van der Waals surface area contributed by atoms with Gasteiger partial charge in [-0.1, -0.05) is 30.3 Å². The van der Waals surface area contributed by atoms with E-state index in [9.17, 15) is 4.79 Å². The van der Waals surface area contributed by atoms with Gasteiger partial charge in [-0.05, 0) is 6.92 Å². The second kappa shape index (κ2) is 6.62. The summed E-state index contributed by atoms with van der Waals surface area (Å²) < 4.78 is 5.38. The number of benzene rings is 1. The quantitative estimate of drug-likeness (QED) is 0.502. The van der Waals surface area contributed by atoms with Crippen molar-refractivity contribution in [2.75, 3.05) is 21.2 Å². The number of likely N-dealkylation sites (N-methyl/N-ethyl adjacent to an activating group) is 1. The van der Waals surface area contributed by atoms with Gasteiger partial charge in [0.2, 0.25) is 0 Å². The summed E-state index contributed by atoms with van der Waals surface area (Å²) >= 11 is 0. The van der Waals surface area contributed by atoms with E-state index >= 15 is 0 Å². The summed E-state index contributed by atoms with van der Waals surface area (Å²) in [5.74, 6) is -0.166. The van der Waals surface area contributed by atoms with Crippen molar-refractivity contribution in [3.05, 3.63) is 35.9 Å². The smallest absolute Gasteiger partial charge is 0.364 e. The van der Waals surface area contributed by atoms with E-state index < -0.39 is 0 Å².